The van der Waals surface area contributed by atoms with Gasteiger partial charge in [0.1, 0.15) is 5.70 Å². The minimum atomic E-state index is -0.301. The first-order valence-electron chi connectivity index (χ1n) is 7.79. The molecule has 0 bridgehead atoms. The molecule has 1 aromatic carbocycles. The molecule has 0 aliphatic carbocycles. The molecule has 7 heteroatoms. The maximum atomic E-state index is 12.8. The quantitative estimate of drug-likeness (QED) is 0.916. The molecule has 1 atom stereocenters. The Bertz CT molecular complexity index is 920. The number of hydrogen-bond acceptors (Lipinski definition) is 6. The van der Waals surface area contributed by atoms with Gasteiger partial charge in [-0.3, -0.25) is 15.1 Å². The van der Waals surface area contributed by atoms with Crippen LogP contribution in [0.3, 0.4) is 0 Å². The van der Waals surface area contributed by atoms with Crippen molar-refractivity contribution in [2.24, 2.45) is 10.1 Å². The second kappa shape index (κ2) is 6.41. The van der Waals surface area contributed by atoms with Crippen LogP contribution in [0, 0.1) is 0 Å². The highest BCUT2D eigenvalue weighted by atomic mass is 32.2. The van der Waals surface area contributed by atoms with Crippen LogP contribution < -0.4 is 15.9 Å². The van der Waals surface area contributed by atoms with Gasteiger partial charge in [0.05, 0.1) is 5.36 Å². The van der Waals surface area contributed by atoms with Crippen LogP contribution in [-0.4, -0.2) is 21.8 Å². The average molecular weight is 356 g/mol. The van der Waals surface area contributed by atoms with Gasteiger partial charge < -0.3 is 0 Å². The number of thioether (sulfide) groups is 1. The van der Waals surface area contributed by atoms with E-state index in [1.807, 2.05) is 35.7 Å². The smallest absolute Gasteiger partial charge is 0.276 e. The van der Waals surface area contributed by atoms with Gasteiger partial charge in [-0.1, -0.05) is 36.9 Å². The Hall–Kier alpha value is -2.12. The number of hydrazone groups is 1. The SMILES string of the molecule is CCCSC1=NN2C(=c3ccccc3=N[C@H]2c2ccsc2)C(=O)N1. The second-order valence-corrected chi connectivity index (χ2v) is 7.34. The summed E-state index contributed by atoms with van der Waals surface area (Å²) >= 11 is 3.18. The Morgan fingerprint density at radius 3 is 3.00 bits per heavy atom. The molecule has 0 unspecified atom stereocenters. The molecule has 122 valence electrons. The van der Waals surface area contributed by atoms with E-state index in [2.05, 4.69) is 22.7 Å². The van der Waals surface area contributed by atoms with Gasteiger partial charge in [-0.2, -0.15) is 11.3 Å². The largest absolute Gasteiger partial charge is 0.298 e. The molecule has 24 heavy (non-hydrogen) atoms. The molecule has 4 rings (SSSR count). The standard InChI is InChI=1S/C17H16N4OS2/c1-2-8-24-17-19-16(22)14-12-5-3-4-6-13(12)18-15(21(14)20-17)11-7-9-23-10-11/h3-7,9-10,15H,2,8H2,1H3,(H,19,20,22)/t15-/m1/s1. The van der Waals surface area contributed by atoms with Crippen molar-refractivity contribution >= 4 is 39.9 Å². The summed E-state index contributed by atoms with van der Waals surface area (Å²) in [6.07, 6.45) is 0.724. The van der Waals surface area contributed by atoms with E-state index >= 15 is 0 Å². The number of carbonyl (C=O) groups excluding carboxylic acids is 1. The maximum absolute atomic E-state index is 12.8. The number of amidine groups is 1. The van der Waals surface area contributed by atoms with E-state index in [1.54, 1.807) is 28.1 Å². The number of rotatable bonds is 3. The molecule has 0 fully saturated rings. The first-order chi connectivity index (χ1) is 11.8. The van der Waals surface area contributed by atoms with Gasteiger partial charge in [-0.05, 0) is 29.3 Å². The van der Waals surface area contributed by atoms with E-state index < -0.39 is 0 Å². The number of nitrogens with one attached hydrogen (secondary N) is 1. The summed E-state index contributed by atoms with van der Waals surface area (Å²) in [5, 5.41) is 15.7. The predicted octanol–water partition coefficient (Wildman–Crippen LogP) is 2.03. The summed E-state index contributed by atoms with van der Waals surface area (Å²) in [5.74, 6) is 0.797. The molecular weight excluding hydrogens is 340 g/mol. The number of hydrogen-bond donors (Lipinski definition) is 1. The number of nitrogens with zero attached hydrogens (tertiary/aromatic N) is 3. The van der Waals surface area contributed by atoms with E-state index in [0.29, 0.717) is 10.9 Å². The zero-order valence-electron chi connectivity index (χ0n) is 13.1. The van der Waals surface area contributed by atoms with Crippen molar-refractivity contribution < 1.29 is 4.79 Å². The summed E-state index contributed by atoms with van der Waals surface area (Å²) in [5.41, 5.74) is 1.61. The van der Waals surface area contributed by atoms with Crippen molar-refractivity contribution in [1.82, 2.24) is 10.3 Å². The highest BCUT2D eigenvalue weighted by Gasteiger charge is 2.34. The van der Waals surface area contributed by atoms with Crippen molar-refractivity contribution in [3.63, 3.8) is 0 Å². The third-order valence-corrected chi connectivity index (χ3v) is 5.57. The van der Waals surface area contributed by atoms with Crippen LogP contribution in [0.15, 0.2) is 51.2 Å². The van der Waals surface area contributed by atoms with Gasteiger partial charge in [0.2, 0.25) is 0 Å². The Morgan fingerprint density at radius 1 is 1.33 bits per heavy atom. The van der Waals surface area contributed by atoms with Crippen LogP contribution in [0.1, 0.15) is 25.1 Å². The Kier molecular flexibility index (Phi) is 4.12. The first-order valence-corrected chi connectivity index (χ1v) is 9.72. The van der Waals surface area contributed by atoms with Crippen LogP contribution >= 0.6 is 23.1 Å². The minimum Gasteiger partial charge on any atom is -0.298 e. The van der Waals surface area contributed by atoms with Gasteiger partial charge in [-0.15, -0.1) is 5.10 Å². The van der Waals surface area contributed by atoms with Crippen LogP contribution in [0.25, 0.3) is 5.70 Å². The van der Waals surface area contributed by atoms with E-state index in [-0.39, 0.29) is 12.1 Å². The monoisotopic (exact) mass is 356 g/mol. The minimum absolute atomic E-state index is 0.119. The van der Waals surface area contributed by atoms with E-state index in [4.69, 9.17) is 4.99 Å². The Balaban J connectivity index is 1.89. The van der Waals surface area contributed by atoms with E-state index in [0.717, 1.165) is 28.3 Å². The lowest BCUT2D eigenvalue weighted by Crippen LogP contribution is -2.50. The molecule has 2 aromatic rings. The number of amides is 1. The first kappa shape index (κ1) is 15.4. The zero-order valence-corrected chi connectivity index (χ0v) is 14.7. The molecule has 3 heterocycles. The fourth-order valence-corrected chi connectivity index (χ4v) is 4.11. The molecule has 5 nitrogen and oxygen atoms in total. The lowest BCUT2D eigenvalue weighted by Gasteiger charge is -2.33. The molecule has 1 aromatic heterocycles. The lowest BCUT2D eigenvalue weighted by molar-refractivity contribution is -0.116. The number of fused-ring (bicyclic) bond motifs is 2. The molecule has 0 spiro atoms. The fourth-order valence-electron chi connectivity index (χ4n) is 2.73. The molecule has 0 saturated carbocycles. The number of benzene rings is 1. The summed E-state index contributed by atoms with van der Waals surface area (Å²) in [4.78, 5) is 17.6. The van der Waals surface area contributed by atoms with Gasteiger partial charge in [0.25, 0.3) is 5.91 Å². The number of carbonyl (C=O) groups is 1. The molecular formula is C17H16N4OS2. The van der Waals surface area contributed by atoms with E-state index in [9.17, 15) is 4.79 Å². The summed E-state index contributed by atoms with van der Waals surface area (Å²) in [7, 11) is 0. The van der Waals surface area contributed by atoms with Gasteiger partial charge in [-0.25, -0.2) is 5.01 Å². The Morgan fingerprint density at radius 2 is 2.21 bits per heavy atom. The lowest BCUT2D eigenvalue weighted by atomic mass is 10.1. The molecule has 2 aliphatic heterocycles. The van der Waals surface area contributed by atoms with Crippen molar-refractivity contribution in [3.8, 4) is 0 Å². The molecule has 0 radical (unpaired) electrons. The molecule has 1 amide bonds. The van der Waals surface area contributed by atoms with Crippen molar-refractivity contribution in [1.29, 1.82) is 0 Å². The third kappa shape index (κ3) is 2.63. The summed E-state index contributed by atoms with van der Waals surface area (Å²) in [6, 6.07) is 9.76. The van der Waals surface area contributed by atoms with Crippen molar-refractivity contribution in [3.05, 3.63) is 57.2 Å². The zero-order chi connectivity index (χ0) is 16.5. The topological polar surface area (TPSA) is 57.1 Å². The van der Waals surface area contributed by atoms with Gasteiger partial charge >= 0.3 is 0 Å². The molecule has 2 aliphatic rings. The van der Waals surface area contributed by atoms with Crippen LogP contribution in [0.4, 0.5) is 0 Å². The highest BCUT2D eigenvalue weighted by Crippen LogP contribution is 2.31. The molecule has 0 saturated heterocycles. The van der Waals surface area contributed by atoms with Crippen LogP contribution in [0.2, 0.25) is 0 Å². The number of thiophene rings is 1. The number of para-hydroxylation sites is 1. The fraction of sp³-hybridized carbons (Fsp3) is 0.235. The van der Waals surface area contributed by atoms with Crippen LogP contribution in [0.5, 0.6) is 0 Å². The van der Waals surface area contributed by atoms with Gasteiger partial charge in [0.15, 0.2) is 11.3 Å². The predicted molar refractivity (Wildman–Crippen MR) is 97.9 cm³/mol. The normalized spacial score (nSPS) is 19.1. The molecule has 1 N–H and O–H groups in total. The summed E-state index contributed by atoms with van der Waals surface area (Å²) in [6.45, 7) is 2.11. The Labute approximate surface area is 147 Å². The van der Waals surface area contributed by atoms with Crippen molar-refractivity contribution in [2.75, 3.05) is 5.75 Å². The highest BCUT2D eigenvalue weighted by molar-refractivity contribution is 8.13. The van der Waals surface area contributed by atoms with Gasteiger partial charge in [0, 0.05) is 16.5 Å². The third-order valence-electron chi connectivity index (χ3n) is 3.80. The van der Waals surface area contributed by atoms with Crippen molar-refractivity contribution in [2.45, 2.75) is 19.5 Å². The second-order valence-electron chi connectivity index (χ2n) is 5.48. The maximum Gasteiger partial charge on any atom is 0.276 e. The van der Waals surface area contributed by atoms with E-state index in [1.165, 1.54) is 0 Å². The van der Waals surface area contributed by atoms with Crippen LogP contribution in [-0.2, 0) is 4.79 Å². The summed E-state index contributed by atoms with van der Waals surface area (Å²) < 4.78 is 0. The average Bonchev–Trinajstić information content (AvgIpc) is 3.13.